The predicted molar refractivity (Wildman–Crippen MR) is 95.6 cm³/mol. The molecule has 0 saturated carbocycles. The Hall–Kier alpha value is -1.39. The second-order valence-corrected chi connectivity index (χ2v) is 8.72. The summed E-state index contributed by atoms with van der Waals surface area (Å²) in [6.07, 6.45) is 15.9. The minimum Gasteiger partial charge on any atom is -0.0804 e. The van der Waals surface area contributed by atoms with Crippen molar-refractivity contribution in [2.24, 2.45) is 0 Å². The topological polar surface area (TPSA) is 0 Å². The minimum absolute atomic E-state index is 0.217. The highest BCUT2D eigenvalue weighted by Gasteiger charge is 2.29. The van der Waals surface area contributed by atoms with E-state index < -0.39 is 0 Å². The Morgan fingerprint density at radius 2 is 1.33 bits per heavy atom. The highest BCUT2D eigenvalue weighted by Crippen LogP contribution is 2.52. The lowest BCUT2D eigenvalue weighted by atomic mass is 10.2. The maximum absolute atomic E-state index is 2.43. The number of rotatable bonds is 5. The van der Waals surface area contributed by atoms with Crippen molar-refractivity contribution >= 4 is 13.2 Å². The van der Waals surface area contributed by atoms with Gasteiger partial charge in [0.15, 0.2) is 0 Å². The van der Waals surface area contributed by atoms with Gasteiger partial charge in [0.2, 0.25) is 0 Å². The van der Waals surface area contributed by atoms with Crippen molar-refractivity contribution in [1.29, 1.82) is 0 Å². The van der Waals surface area contributed by atoms with Crippen LogP contribution in [0.2, 0.25) is 0 Å². The first kappa shape index (κ1) is 14.5. The normalized spacial score (nSPS) is 21.0. The Morgan fingerprint density at radius 1 is 0.810 bits per heavy atom. The van der Waals surface area contributed by atoms with Crippen molar-refractivity contribution < 1.29 is 0 Å². The first-order valence-corrected chi connectivity index (χ1v) is 9.30. The van der Waals surface area contributed by atoms with E-state index in [0.29, 0.717) is 11.3 Å². The van der Waals surface area contributed by atoms with Crippen LogP contribution in [0, 0.1) is 0 Å². The molecule has 0 nitrogen and oxygen atoms in total. The summed E-state index contributed by atoms with van der Waals surface area (Å²) in [7, 11) is -0.217. The standard InChI is InChI=1S/C20H23P/c1-16(18-10-6-7-11-18)21(20-14-4-3-5-15-20)17(2)19-12-8-9-13-19/h3-10,12,14-17H,11,13H2,1-2H3/t16-,17+,21?. The van der Waals surface area contributed by atoms with Crippen LogP contribution < -0.4 is 5.30 Å². The quantitative estimate of drug-likeness (QED) is 0.643. The second kappa shape index (κ2) is 6.58. The molecule has 2 aliphatic carbocycles. The fourth-order valence-corrected chi connectivity index (χ4v) is 6.47. The van der Waals surface area contributed by atoms with Gasteiger partial charge in [0.05, 0.1) is 0 Å². The van der Waals surface area contributed by atoms with Crippen LogP contribution in [0.4, 0.5) is 0 Å². The molecule has 3 rings (SSSR count). The van der Waals surface area contributed by atoms with Crippen LogP contribution in [0.25, 0.3) is 0 Å². The summed E-state index contributed by atoms with van der Waals surface area (Å²) >= 11 is 0. The van der Waals surface area contributed by atoms with Gasteiger partial charge in [-0.1, -0.05) is 99.7 Å². The highest BCUT2D eigenvalue weighted by atomic mass is 31.1. The molecule has 1 unspecified atom stereocenters. The van der Waals surface area contributed by atoms with Gasteiger partial charge in [-0.25, -0.2) is 0 Å². The van der Waals surface area contributed by atoms with E-state index >= 15 is 0 Å². The predicted octanol–water partition coefficient (Wildman–Crippen LogP) is 5.34. The molecule has 0 amide bonds. The molecule has 21 heavy (non-hydrogen) atoms. The van der Waals surface area contributed by atoms with Crippen LogP contribution in [0.3, 0.4) is 0 Å². The smallest absolute Gasteiger partial charge is 0.00239 e. The summed E-state index contributed by atoms with van der Waals surface area (Å²) in [4.78, 5) is 0. The lowest BCUT2D eigenvalue weighted by Crippen LogP contribution is -2.21. The van der Waals surface area contributed by atoms with Crippen molar-refractivity contribution in [1.82, 2.24) is 0 Å². The van der Waals surface area contributed by atoms with E-state index in [1.807, 2.05) is 0 Å². The van der Waals surface area contributed by atoms with Gasteiger partial charge in [-0.15, -0.1) is 0 Å². The van der Waals surface area contributed by atoms with E-state index in [9.17, 15) is 0 Å². The van der Waals surface area contributed by atoms with Crippen molar-refractivity contribution in [3.8, 4) is 0 Å². The molecule has 0 saturated heterocycles. The fraction of sp³-hybridized carbons (Fsp3) is 0.300. The molecule has 1 aromatic carbocycles. The number of allylic oxidation sites excluding steroid dienone is 8. The molecular weight excluding hydrogens is 271 g/mol. The molecule has 2 aliphatic rings. The third-order valence-corrected chi connectivity index (χ3v) is 7.79. The third kappa shape index (κ3) is 3.11. The highest BCUT2D eigenvalue weighted by molar-refractivity contribution is 7.67. The van der Waals surface area contributed by atoms with Gasteiger partial charge in [0, 0.05) is 11.3 Å². The Kier molecular flexibility index (Phi) is 4.56. The van der Waals surface area contributed by atoms with Gasteiger partial charge in [-0.3, -0.25) is 0 Å². The van der Waals surface area contributed by atoms with Crippen molar-refractivity contribution in [3.63, 3.8) is 0 Å². The fourth-order valence-electron chi connectivity index (χ4n) is 3.29. The molecule has 0 spiro atoms. The molecule has 1 heteroatoms. The Morgan fingerprint density at radius 3 is 1.76 bits per heavy atom. The maximum Gasteiger partial charge on any atom is 0.00239 e. The molecule has 0 aliphatic heterocycles. The third-order valence-electron chi connectivity index (χ3n) is 4.56. The molecule has 0 aromatic heterocycles. The monoisotopic (exact) mass is 294 g/mol. The maximum atomic E-state index is 2.43. The van der Waals surface area contributed by atoms with Crippen LogP contribution in [0.5, 0.6) is 0 Å². The van der Waals surface area contributed by atoms with Gasteiger partial charge in [-0.05, 0) is 18.1 Å². The average Bonchev–Trinajstić information content (AvgIpc) is 3.22. The summed E-state index contributed by atoms with van der Waals surface area (Å²) < 4.78 is 0. The van der Waals surface area contributed by atoms with Crippen LogP contribution in [0.1, 0.15) is 26.7 Å². The largest absolute Gasteiger partial charge is 0.0804 e. The zero-order valence-electron chi connectivity index (χ0n) is 12.9. The second-order valence-electron chi connectivity index (χ2n) is 5.84. The lowest BCUT2D eigenvalue weighted by molar-refractivity contribution is 0.998. The number of hydrogen-bond acceptors (Lipinski definition) is 0. The van der Waals surface area contributed by atoms with Gasteiger partial charge in [-0.2, -0.15) is 0 Å². The molecular formula is C20H23P. The van der Waals surface area contributed by atoms with E-state index in [2.05, 4.69) is 80.6 Å². The zero-order chi connectivity index (χ0) is 14.7. The first-order chi connectivity index (χ1) is 10.3. The van der Waals surface area contributed by atoms with E-state index in [0.717, 1.165) is 12.8 Å². The molecule has 0 radical (unpaired) electrons. The van der Waals surface area contributed by atoms with E-state index in [1.54, 1.807) is 11.1 Å². The SMILES string of the molecule is C[C@H](C1=CC=CC1)P(c1ccccc1)[C@@H](C)C1=CC=CC1. The molecule has 0 fully saturated rings. The molecule has 1 aromatic rings. The van der Waals surface area contributed by atoms with E-state index in [1.165, 1.54) is 5.30 Å². The number of benzene rings is 1. The zero-order valence-corrected chi connectivity index (χ0v) is 13.8. The minimum atomic E-state index is -0.217. The van der Waals surface area contributed by atoms with Gasteiger partial charge >= 0.3 is 0 Å². The van der Waals surface area contributed by atoms with Crippen molar-refractivity contribution in [3.05, 3.63) is 77.9 Å². The van der Waals surface area contributed by atoms with Crippen LogP contribution in [0.15, 0.2) is 77.9 Å². The van der Waals surface area contributed by atoms with Crippen molar-refractivity contribution in [2.45, 2.75) is 38.0 Å². The summed E-state index contributed by atoms with van der Waals surface area (Å²) in [5.41, 5.74) is 4.49. The number of hydrogen-bond donors (Lipinski definition) is 0. The van der Waals surface area contributed by atoms with Crippen LogP contribution in [-0.2, 0) is 0 Å². The summed E-state index contributed by atoms with van der Waals surface area (Å²) in [6, 6.07) is 11.1. The van der Waals surface area contributed by atoms with Gasteiger partial charge in [0.1, 0.15) is 0 Å². The molecule has 0 bridgehead atoms. The Balaban J connectivity index is 1.91. The summed E-state index contributed by atoms with van der Waals surface area (Å²) in [5, 5.41) is 1.54. The molecule has 0 heterocycles. The van der Waals surface area contributed by atoms with Gasteiger partial charge in [0.25, 0.3) is 0 Å². The lowest BCUT2D eigenvalue weighted by Gasteiger charge is -2.33. The molecule has 0 N–H and O–H groups in total. The van der Waals surface area contributed by atoms with Crippen molar-refractivity contribution in [2.75, 3.05) is 0 Å². The summed E-state index contributed by atoms with van der Waals surface area (Å²) in [6.45, 7) is 4.86. The Bertz CT molecular complexity index is 568. The van der Waals surface area contributed by atoms with E-state index in [-0.39, 0.29) is 7.92 Å². The molecule has 3 atom stereocenters. The average molecular weight is 294 g/mol. The summed E-state index contributed by atoms with van der Waals surface area (Å²) in [5.74, 6) is 0. The first-order valence-electron chi connectivity index (χ1n) is 7.82. The van der Waals surface area contributed by atoms with Gasteiger partial charge < -0.3 is 0 Å². The van der Waals surface area contributed by atoms with Crippen LogP contribution in [-0.4, -0.2) is 11.3 Å². The van der Waals surface area contributed by atoms with Crippen LogP contribution >= 0.6 is 7.92 Å². The Labute approximate surface area is 129 Å². The van der Waals surface area contributed by atoms with E-state index in [4.69, 9.17) is 0 Å². The molecule has 108 valence electrons.